The van der Waals surface area contributed by atoms with Crippen LogP contribution < -0.4 is 0 Å². The highest BCUT2D eigenvalue weighted by molar-refractivity contribution is 5.70. The van der Waals surface area contributed by atoms with Crippen LogP contribution in [0.25, 0.3) is 0 Å². The molecule has 1 N–H and O–H groups in total. The number of carbonyl (C=O) groups excluding carboxylic acids is 1. The van der Waals surface area contributed by atoms with Gasteiger partial charge >= 0.3 is 5.97 Å². The van der Waals surface area contributed by atoms with Crippen molar-refractivity contribution in [1.82, 2.24) is 0 Å². The Hall–Kier alpha value is -0.650. The van der Waals surface area contributed by atoms with Crippen molar-refractivity contribution < 1.29 is 24.1 Å². The van der Waals surface area contributed by atoms with Crippen molar-refractivity contribution in [1.29, 1.82) is 0 Å². The van der Waals surface area contributed by atoms with Gasteiger partial charge in [0.1, 0.15) is 0 Å². The molecule has 17 heavy (non-hydrogen) atoms. The molecule has 1 aliphatic heterocycles. The van der Waals surface area contributed by atoms with Gasteiger partial charge in [0.25, 0.3) is 0 Å². The molecule has 100 valence electrons. The maximum absolute atomic E-state index is 11.0. The van der Waals surface area contributed by atoms with E-state index in [1.54, 1.807) is 6.92 Å². The van der Waals surface area contributed by atoms with Gasteiger partial charge in [0.05, 0.1) is 25.7 Å². The molecule has 0 aromatic carbocycles. The van der Waals surface area contributed by atoms with Gasteiger partial charge in [-0.2, -0.15) is 0 Å². The molecule has 5 heteroatoms. The molecule has 1 rings (SSSR count). The smallest absolute Gasteiger partial charge is 0.308 e. The van der Waals surface area contributed by atoms with Gasteiger partial charge < -0.3 is 19.3 Å². The lowest BCUT2D eigenvalue weighted by Gasteiger charge is -2.26. The molecular formula is C12H22O5. The van der Waals surface area contributed by atoms with Crippen molar-refractivity contribution in [3.8, 4) is 0 Å². The molecule has 2 unspecified atom stereocenters. The van der Waals surface area contributed by atoms with Crippen molar-refractivity contribution >= 4 is 5.97 Å². The molecule has 0 aromatic rings. The van der Waals surface area contributed by atoms with Crippen molar-refractivity contribution in [2.75, 3.05) is 20.3 Å². The molecule has 0 bridgehead atoms. The van der Waals surface area contributed by atoms with Crippen LogP contribution in [0, 0.1) is 0 Å². The Morgan fingerprint density at radius 3 is 2.88 bits per heavy atom. The number of ether oxygens (including phenoxy) is 3. The van der Waals surface area contributed by atoms with Crippen LogP contribution in [-0.2, 0) is 19.0 Å². The lowest BCUT2D eigenvalue weighted by atomic mass is 9.99. The van der Waals surface area contributed by atoms with E-state index in [1.165, 1.54) is 7.11 Å². The van der Waals surface area contributed by atoms with Crippen molar-refractivity contribution in [2.45, 2.75) is 50.9 Å². The second kappa shape index (κ2) is 6.93. The number of rotatable bonds is 6. The van der Waals surface area contributed by atoms with Gasteiger partial charge in [0, 0.05) is 6.61 Å². The molecule has 1 saturated heterocycles. The molecule has 0 aliphatic carbocycles. The molecule has 0 saturated carbocycles. The minimum Gasteiger partial charge on any atom is -0.469 e. The van der Waals surface area contributed by atoms with Gasteiger partial charge in [0.15, 0.2) is 6.29 Å². The summed E-state index contributed by atoms with van der Waals surface area (Å²) >= 11 is 0. The first-order valence-electron chi connectivity index (χ1n) is 6.06. The number of hydrogen-bond acceptors (Lipinski definition) is 5. The van der Waals surface area contributed by atoms with Crippen LogP contribution in [0.2, 0.25) is 0 Å². The number of aliphatic hydroxyl groups is 1. The van der Waals surface area contributed by atoms with E-state index in [1.807, 2.05) is 0 Å². The van der Waals surface area contributed by atoms with Crippen molar-refractivity contribution in [2.24, 2.45) is 0 Å². The zero-order chi connectivity index (χ0) is 12.7. The maximum Gasteiger partial charge on any atom is 0.308 e. The van der Waals surface area contributed by atoms with Gasteiger partial charge in [-0.25, -0.2) is 0 Å². The Balaban J connectivity index is 2.17. The number of hydrogen-bond donors (Lipinski definition) is 1. The Bertz CT molecular complexity index is 233. The zero-order valence-corrected chi connectivity index (χ0v) is 10.6. The second-order valence-electron chi connectivity index (χ2n) is 4.67. The Kier molecular flexibility index (Phi) is 5.88. The van der Waals surface area contributed by atoms with E-state index in [4.69, 9.17) is 9.47 Å². The van der Waals surface area contributed by atoms with Crippen molar-refractivity contribution in [3.05, 3.63) is 0 Å². The summed E-state index contributed by atoms with van der Waals surface area (Å²) in [7, 11) is 1.31. The standard InChI is InChI=1S/C12H22O5/c1-12(14,9-10(13)15-2)6-8-17-11-5-3-4-7-16-11/h11,14H,3-9H2,1-2H3. The fourth-order valence-corrected chi connectivity index (χ4v) is 1.72. The van der Waals surface area contributed by atoms with Crippen LogP contribution in [0.4, 0.5) is 0 Å². The first-order chi connectivity index (χ1) is 8.03. The fourth-order valence-electron chi connectivity index (χ4n) is 1.72. The van der Waals surface area contributed by atoms with E-state index < -0.39 is 11.6 Å². The van der Waals surface area contributed by atoms with E-state index in [0.29, 0.717) is 13.0 Å². The average Bonchev–Trinajstić information content (AvgIpc) is 2.29. The Morgan fingerprint density at radius 2 is 2.29 bits per heavy atom. The molecule has 1 aliphatic rings. The maximum atomic E-state index is 11.0. The topological polar surface area (TPSA) is 65.0 Å². The van der Waals surface area contributed by atoms with E-state index in [0.717, 1.165) is 25.9 Å². The third-order valence-electron chi connectivity index (χ3n) is 2.84. The molecule has 1 heterocycles. The molecule has 0 radical (unpaired) electrons. The quantitative estimate of drug-likeness (QED) is 0.714. The third-order valence-corrected chi connectivity index (χ3v) is 2.84. The van der Waals surface area contributed by atoms with E-state index in [9.17, 15) is 9.90 Å². The van der Waals surface area contributed by atoms with Crippen molar-refractivity contribution in [3.63, 3.8) is 0 Å². The molecule has 0 aromatic heterocycles. The van der Waals surface area contributed by atoms with Crippen LogP contribution in [0.3, 0.4) is 0 Å². The van der Waals surface area contributed by atoms with Crippen LogP contribution in [0.15, 0.2) is 0 Å². The Labute approximate surface area is 102 Å². The monoisotopic (exact) mass is 246 g/mol. The number of methoxy groups -OCH3 is 1. The van der Waals surface area contributed by atoms with Gasteiger partial charge in [-0.15, -0.1) is 0 Å². The summed E-state index contributed by atoms with van der Waals surface area (Å²) in [4.78, 5) is 11.0. The van der Waals surface area contributed by atoms with Gasteiger partial charge in [0.2, 0.25) is 0 Å². The summed E-state index contributed by atoms with van der Waals surface area (Å²) in [6.45, 7) is 2.73. The SMILES string of the molecule is COC(=O)CC(C)(O)CCOC1CCCCO1. The van der Waals surface area contributed by atoms with Gasteiger partial charge in [-0.05, 0) is 32.6 Å². The third kappa shape index (κ3) is 6.00. The fraction of sp³-hybridized carbons (Fsp3) is 0.917. The van der Waals surface area contributed by atoms with Gasteiger partial charge in [-0.3, -0.25) is 4.79 Å². The summed E-state index contributed by atoms with van der Waals surface area (Å²) < 4.78 is 15.4. The summed E-state index contributed by atoms with van der Waals surface area (Å²) in [6.07, 6.45) is 3.32. The normalized spacial score (nSPS) is 24.1. The minimum atomic E-state index is -1.08. The highest BCUT2D eigenvalue weighted by Crippen LogP contribution is 2.18. The molecule has 0 spiro atoms. The summed E-state index contributed by atoms with van der Waals surface area (Å²) in [5, 5.41) is 9.92. The largest absolute Gasteiger partial charge is 0.469 e. The zero-order valence-electron chi connectivity index (χ0n) is 10.6. The molecule has 0 amide bonds. The molecule has 5 nitrogen and oxygen atoms in total. The highest BCUT2D eigenvalue weighted by atomic mass is 16.7. The molecule has 1 fully saturated rings. The van der Waals surface area contributed by atoms with Crippen LogP contribution in [0.5, 0.6) is 0 Å². The lowest BCUT2D eigenvalue weighted by Crippen LogP contribution is -2.31. The first kappa shape index (κ1) is 14.4. The van der Waals surface area contributed by atoms with E-state index >= 15 is 0 Å². The van der Waals surface area contributed by atoms with Crippen LogP contribution in [-0.4, -0.2) is 43.3 Å². The predicted octanol–water partition coefficient (Wildman–Crippen LogP) is 1.23. The molecule has 2 atom stereocenters. The number of carbonyl (C=O) groups is 1. The van der Waals surface area contributed by atoms with E-state index in [2.05, 4.69) is 4.74 Å². The van der Waals surface area contributed by atoms with Gasteiger partial charge in [-0.1, -0.05) is 0 Å². The van der Waals surface area contributed by atoms with Crippen LogP contribution >= 0.6 is 0 Å². The minimum absolute atomic E-state index is 0.0155. The second-order valence-corrected chi connectivity index (χ2v) is 4.67. The Morgan fingerprint density at radius 1 is 1.53 bits per heavy atom. The number of esters is 1. The van der Waals surface area contributed by atoms with Crippen LogP contribution in [0.1, 0.15) is 39.0 Å². The lowest BCUT2D eigenvalue weighted by molar-refractivity contribution is -0.170. The molecular weight excluding hydrogens is 224 g/mol. The summed E-state index contributed by atoms with van der Waals surface area (Å²) in [5.41, 5.74) is -1.08. The predicted molar refractivity (Wildman–Crippen MR) is 61.4 cm³/mol. The van der Waals surface area contributed by atoms with E-state index in [-0.39, 0.29) is 12.7 Å². The summed E-state index contributed by atoms with van der Waals surface area (Å²) in [5.74, 6) is -0.413. The first-order valence-corrected chi connectivity index (χ1v) is 6.06. The average molecular weight is 246 g/mol. The highest BCUT2D eigenvalue weighted by Gasteiger charge is 2.25. The summed E-state index contributed by atoms with van der Waals surface area (Å²) in [6, 6.07) is 0.